The molecule has 5 heteroatoms. The van der Waals surface area contributed by atoms with E-state index in [4.69, 9.17) is 0 Å². The largest absolute Gasteiger partial charge is 0.387 e. The number of aliphatic hydroxyl groups excluding tert-OH is 1. The van der Waals surface area contributed by atoms with Crippen LogP contribution in [0.5, 0.6) is 0 Å². The Bertz CT molecular complexity index is 1100. The summed E-state index contributed by atoms with van der Waals surface area (Å²) in [5, 5.41) is 18.4. The topological polar surface area (TPSA) is 73.0 Å². The molecule has 2 aromatic heterocycles. The van der Waals surface area contributed by atoms with E-state index in [1.54, 1.807) is 6.20 Å². The first kappa shape index (κ1) is 20.0. The number of anilines is 3. The van der Waals surface area contributed by atoms with Crippen LogP contribution in [0.2, 0.25) is 0 Å². The molecule has 4 N–H and O–H groups in total. The number of para-hydroxylation sites is 1. The van der Waals surface area contributed by atoms with Gasteiger partial charge < -0.3 is 20.7 Å². The Morgan fingerprint density at radius 2 is 1.73 bits per heavy atom. The summed E-state index contributed by atoms with van der Waals surface area (Å²) in [6, 6.07) is 20.4. The number of hydrogen-bond donors (Lipinski definition) is 4. The highest BCUT2D eigenvalue weighted by Crippen LogP contribution is 2.24. The van der Waals surface area contributed by atoms with Gasteiger partial charge in [0.05, 0.1) is 11.8 Å². The first-order valence-electron chi connectivity index (χ1n) is 10.4. The van der Waals surface area contributed by atoms with Gasteiger partial charge >= 0.3 is 0 Å². The summed E-state index contributed by atoms with van der Waals surface area (Å²) in [7, 11) is 0. The number of rotatable bonds is 8. The molecule has 0 spiro atoms. The lowest BCUT2D eigenvalue weighted by atomic mass is 10.0. The Labute approximate surface area is 177 Å². The summed E-state index contributed by atoms with van der Waals surface area (Å²) < 4.78 is 0. The molecule has 0 fully saturated rings. The number of aromatic nitrogens is 2. The van der Waals surface area contributed by atoms with Crippen LogP contribution >= 0.6 is 0 Å². The average Bonchev–Trinajstić information content (AvgIpc) is 3.18. The second-order valence-electron chi connectivity index (χ2n) is 7.90. The van der Waals surface area contributed by atoms with E-state index < -0.39 is 6.10 Å². The third-order valence-electron chi connectivity index (χ3n) is 5.29. The maximum atomic E-state index is 10.2. The molecule has 0 saturated heterocycles. The quantitative estimate of drug-likeness (QED) is 0.308. The number of benzene rings is 2. The first-order chi connectivity index (χ1) is 14.6. The molecular weight excluding hydrogens is 372 g/mol. The number of fused-ring (bicyclic) bond motifs is 1. The molecule has 0 aliphatic carbocycles. The van der Waals surface area contributed by atoms with Crippen LogP contribution in [0.15, 0.2) is 73.1 Å². The van der Waals surface area contributed by atoms with Crippen LogP contribution in [-0.2, 0) is 6.42 Å². The number of nitrogens with zero attached hydrogens (tertiary/aromatic N) is 1. The molecule has 4 rings (SSSR count). The maximum Gasteiger partial charge on any atom is 0.0983 e. The molecule has 1 unspecified atom stereocenters. The number of pyridine rings is 1. The Balaban J connectivity index is 1.34. The molecule has 2 aromatic carbocycles. The molecule has 5 nitrogen and oxygen atoms in total. The van der Waals surface area contributed by atoms with E-state index in [1.165, 1.54) is 16.5 Å². The summed E-state index contributed by atoms with van der Waals surface area (Å²) in [4.78, 5) is 7.62. The molecule has 0 radical (unpaired) electrons. The number of nitrogens with one attached hydrogen (secondary N) is 3. The third-order valence-corrected chi connectivity index (χ3v) is 5.29. The zero-order chi connectivity index (χ0) is 20.9. The van der Waals surface area contributed by atoms with E-state index in [0.717, 1.165) is 30.0 Å². The summed E-state index contributed by atoms with van der Waals surface area (Å²) in [6.45, 7) is 4.84. The van der Waals surface area contributed by atoms with Gasteiger partial charge in [-0.1, -0.05) is 32.0 Å². The van der Waals surface area contributed by atoms with E-state index in [9.17, 15) is 5.11 Å². The van der Waals surface area contributed by atoms with E-state index in [-0.39, 0.29) is 5.92 Å². The Hall–Kier alpha value is -3.31. The lowest BCUT2D eigenvalue weighted by Crippen LogP contribution is -2.07. The summed E-state index contributed by atoms with van der Waals surface area (Å²) in [5.74, 6) is 0.127. The molecule has 0 saturated carbocycles. The normalized spacial score (nSPS) is 12.3. The van der Waals surface area contributed by atoms with Gasteiger partial charge in [-0.15, -0.1) is 0 Å². The smallest absolute Gasteiger partial charge is 0.0983 e. The zero-order valence-corrected chi connectivity index (χ0v) is 17.4. The van der Waals surface area contributed by atoms with Crippen molar-refractivity contribution in [3.63, 3.8) is 0 Å². The highest BCUT2D eigenvalue weighted by Gasteiger charge is 2.13. The van der Waals surface area contributed by atoms with Crippen molar-refractivity contribution in [2.75, 3.05) is 17.2 Å². The molecule has 0 bridgehead atoms. The minimum atomic E-state index is -0.560. The van der Waals surface area contributed by atoms with Crippen LogP contribution in [-0.4, -0.2) is 21.6 Å². The van der Waals surface area contributed by atoms with Crippen molar-refractivity contribution >= 4 is 28.0 Å². The van der Waals surface area contributed by atoms with Crippen LogP contribution < -0.4 is 10.6 Å². The molecule has 4 aromatic rings. The van der Waals surface area contributed by atoms with E-state index >= 15 is 0 Å². The summed E-state index contributed by atoms with van der Waals surface area (Å²) in [6.07, 6.45) is 4.22. The molecule has 0 amide bonds. The van der Waals surface area contributed by atoms with Gasteiger partial charge in [-0.25, -0.2) is 0 Å². The van der Waals surface area contributed by atoms with Gasteiger partial charge in [-0.2, -0.15) is 0 Å². The van der Waals surface area contributed by atoms with Gasteiger partial charge in [-0.05, 0) is 60.4 Å². The van der Waals surface area contributed by atoms with Crippen molar-refractivity contribution in [2.45, 2.75) is 26.4 Å². The molecule has 2 heterocycles. The van der Waals surface area contributed by atoms with Crippen LogP contribution in [0.25, 0.3) is 10.9 Å². The van der Waals surface area contributed by atoms with Gasteiger partial charge in [0, 0.05) is 46.9 Å². The lowest BCUT2D eigenvalue weighted by molar-refractivity contribution is 0.122. The van der Waals surface area contributed by atoms with Gasteiger partial charge in [0.15, 0.2) is 0 Å². The number of H-pyrrole nitrogens is 1. The Morgan fingerprint density at radius 1 is 0.967 bits per heavy atom. The van der Waals surface area contributed by atoms with Crippen LogP contribution in [0, 0.1) is 5.92 Å². The first-order valence-corrected chi connectivity index (χ1v) is 10.4. The Kier molecular flexibility index (Phi) is 6.00. The number of aromatic amines is 1. The minimum Gasteiger partial charge on any atom is -0.387 e. The van der Waals surface area contributed by atoms with Crippen molar-refractivity contribution < 1.29 is 5.11 Å². The van der Waals surface area contributed by atoms with Crippen molar-refractivity contribution in [3.05, 3.63) is 84.3 Å². The second-order valence-corrected chi connectivity index (χ2v) is 7.90. The highest BCUT2D eigenvalue weighted by atomic mass is 16.3. The zero-order valence-electron chi connectivity index (χ0n) is 17.4. The van der Waals surface area contributed by atoms with E-state index in [1.807, 2.05) is 38.1 Å². The van der Waals surface area contributed by atoms with Crippen LogP contribution in [0.3, 0.4) is 0 Å². The van der Waals surface area contributed by atoms with Crippen molar-refractivity contribution in [1.29, 1.82) is 0 Å². The van der Waals surface area contributed by atoms with Crippen molar-refractivity contribution in [3.8, 4) is 0 Å². The molecule has 1 atom stereocenters. The predicted octanol–water partition coefficient (Wildman–Crippen LogP) is 5.65. The van der Waals surface area contributed by atoms with Gasteiger partial charge in [-0.3, -0.25) is 4.98 Å². The molecule has 0 aliphatic rings. The van der Waals surface area contributed by atoms with Gasteiger partial charge in [0.1, 0.15) is 0 Å². The standard InChI is InChI=1S/C25H28N4O/c1-17(2)25(30)24-15-21(12-14-27-24)29-20-9-7-19(8-10-20)26-13-11-18-16-28-23-6-4-3-5-22(18)23/h3-10,12,14-17,25-26,28,30H,11,13H2,1-2H3,(H,27,29). The maximum absolute atomic E-state index is 10.2. The van der Waals surface area contributed by atoms with E-state index in [2.05, 4.69) is 63.2 Å². The molecular formula is C25H28N4O. The fourth-order valence-electron chi connectivity index (χ4n) is 3.55. The fraction of sp³-hybridized carbons (Fsp3) is 0.240. The van der Waals surface area contributed by atoms with Gasteiger partial charge in [0.2, 0.25) is 0 Å². The van der Waals surface area contributed by atoms with E-state index in [0.29, 0.717) is 5.69 Å². The molecule has 0 aliphatic heterocycles. The molecule has 30 heavy (non-hydrogen) atoms. The predicted molar refractivity (Wildman–Crippen MR) is 124 cm³/mol. The molecule has 154 valence electrons. The Morgan fingerprint density at radius 3 is 2.53 bits per heavy atom. The number of aliphatic hydroxyl groups is 1. The second kappa shape index (κ2) is 9.01. The number of hydrogen-bond acceptors (Lipinski definition) is 4. The summed E-state index contributed by atoms with van der Waals surface area (Å²) >= 11 is 0. The monoisotopic (exact) mass is 400 g/mol. The highest BCUT2D eigenvalue weighted by molar-refractivity contribution is 5.83. The van der Waals surface area contributed by atoms with Crippen LogP contribution in [0.4, 0.5) is 17.1 Å². The average molecular weight is 401 g/mol. The third kappa shape index (κ3) is 4.63. The van der Waals surface area contributed by atoms with Gasteiger partial charge in [0.25, 0.3) is 0 Å². The SMILES string of the molecule is CC(C)C(O)c1cc(Nc2ccc(NCCc3c[nH]c4ccccc34)cc2)ccn1. The summed E-state index contributed by atoms with van der Waals surface area (Å²) in [5.41, 5.74) is 6.20. The fourth-order valence-corrected chi connectivity index (χ4v) is 3.55. The van der Waals surface area contributed by atoms with Crippen molar-refractivity contribution in [1.82, 2.24) is 9.97 Å². The minimum absolute atomic E-state index is 0.127. The van der Waals surface area contributed by atoms with Crippen LogP contribution in [0.1, 0.15) is 31.2 Å². The van der Waals surface area contributed by atoms with Crippen molar-refractivity contribution in [2.24, 2.45) is 5.92 Å². The lowest BCUT2D eigenvalue weighted by Gasteiger charge is -2.15.